The van der Waals surface area contributed by atoms with Crippen molar-refractivity contribution in [3.8, 4) is 0 Å². The van der Waals surface area contributed by atoms with Gasteiger partial charge >= 0.3 is 0 Å². The molecule has 2 aromatic rings. The molecule has 1 fully saturated rings. The lowest BCUT2D eigenvalue weighted by molar-refractivity contribution is -0.384. The van der Waals surface area contributed by atoms with E-state index in [1.165, 1.54) is 12.1 Å². The van der Waals surface area contributed by atoms with E-state index in [9.17, 15) is 14.9 Å². The van der Waals surface area contributed by atoms with E-state index in [-0.39, 0.29) is 17.6 Å². The number of piperazine rings is 1. The van der Waals surface area contributed by atoms with Crippen LogP contribution in [0.2, 0.25) is 5.02 Å². The number of carbonyl (C=O) groups is 1. The van der Waals surface area contributed by atoms with Crippen molar-refractivity contribution >= 4 is 23.2 Å². The number of amides is 1. The summed E-state index contributed by atoms with van der Waals surface area (Å²) >= 11 is 6.09. The lowest BCUT2D eigenvalue weighted by atomic mass is 10.00. The molecule has 0 saturated carbocycles. The van der Waals surface area contributed by atoms with Crippen LogP contribution in [0.25, 0.3) is 0 Å². The van der Waals surface area contributed by atoms with Gasteiger partial charge in [-0.25, -0.2) is 0 Å². The average Bonchev–Trinajstić information content (AvgIpc) is 2.61. The maximum Gasteiger partial charge on any atom is 0.270 e. The van der Waals surface area contributed by atoms with E-state index in [0.29, 0.717) is 30.2 Å². The molecule has 0 spiro atoms. The van der Waals surface area contributed by atoms with Crippen molar-refractivity contribution in [1.82, 2.24) is 10.2 Å². The Morgan fingerprint density at radius 3 is 2.84 bits per heavy atom. The number of nitro groups is 1. The van der Waals surface area contributed by atoms with Crippen molar-refractivity contribution in [2.75, 3.05) is 19.6 Å². The summed E-state index contributed by atoms with van der Waals surface area (Å²) in [7, 11) is 0. The molecule has 1 N–H and O–H groups in total. The second-order valence-electron chi connectivity index (χ2n) is 6.03. The summed E-state index contributed by atoms with van der Waals surface area (Å²) in [6.07, 6.45) is 0. The van der Waals surface area contributed by atoms with Crippen molar-refractivity contribution in [2.45, 2.75) is 13.0 Å². The highest BCUT2D eigenvalue weighted by atomic mass is 35.5. The fourth-order valence-electron chi connectivity index (χ4n) is 3.07. The predicted octanol–water partition coefficient (Wildman–Crippen LogP) is 3.34. The first-order valence-electron chi connectivity index (χ1n) is 7.99. The van der Waals surface area contributed by atoms with Crippen LogP contribution in [0.1, 0.15) is 27.5 Å². The first-order chi connectivity index (χ1) is 12.0. The normalized spacial score (nSPS) is 17.4. The van der Waals surface area contributed by atoms with Gasteiger partial charge in [-0.15, -0.1) is 0 Å². The highest BCUT2D eigenvalue weighted by Gasteiger charge is 2.30. The highest BCUT2D eigenvalue weighted by molar-refractivity contribution is 6.30. The van der Waals surface area contributed by atoms with Crippen molar-refractivity contribution in [3.05, 3.63) is 74.3 Å². The van der Waals surface area contributed by atoms with E-state index < -0.39 is 4.92 Å². The minimum absolute atomic E-state index is 0.0802. The summed E-state index contributed by atoms with van der Waals surface area (Å²) in [6, 6.07) is 11.6. The highest BCUT2D eigenvalue weighted by Crippen LogP contribution is 2.28. The van der Waals surface area contributed by atoms with Crippen molar-refractivity contribution in [1.29, 1.82) is 0 Å². The predicted molar refractivity (Wildman–Crippen MR) is 95.9 cm³/mol. The van der Waals surface area contributed by atoms with Crippen LogP contribution in [0.5, 0.6) is 0 Å². The van der Waals surface area contributed by atoms with Crippen LogP contribution in [0.15, 0.2) is 42.5 Å². The average molecular weight is 360 g/mol. The minimum atomic E-state index is -0.484. The van der Waals surface area contributed by atoms with E-state index in [2.05, 4.69) is 5.32 Å². The number of non-ortho nitro benzene ring substituents is 1. The van der Waals surface area contributed by atoms with Gasteiger partial charge in [-0.2, -0.15) is 0 Å². The maximum absolute atomic E-state index is 13.1. The van der Waals surface area contributed by atoms with Gasteiger partial charge in [0.05, 0.1) is 11.0 Å². The molecule has 1 saturated heterocycles. The summed E-state index contributed by atoms with van der Waals surface area (Å²) in [5.74, 6) is -0.201. The molecular weight excluding hydrogens is 342 g/mol. The molecule has 2 aromatic carbocycles. The molecule has 0 aromatic heterocycles. The third kappa shape index (κ3) is 3.65. The number of nitrogens with one attached hydrogen (secondary N) is 1. The Morgan fingerprint density at radius 1 is 1.32 bits per heavy atom. The molecule has 0 bridgehead atoms. The lowest BCUT2D eigenvalue weighted by Crippen LogP contribution is -2.48. The lowest BCUT2D eigenvalue weighted by Gasteiger charge is -2.37. The third-order valence-corrected chi connectivity index (χ3v) is 4.64. The molecule has 1 aliphatic rings. The Kier molecular flexibility index (Phi) is 5.01. The van der Waals surface area contributed by atoms with Crippen LogP contribution in [-0.4, -0.2) is 35.4 Å². The van der Waals surface area contributed by atoms with Gasteiger partial charge in [-0.3, -0.25) is 14.9 Å². The number of halogens is 1. The van der Waals surface area contributed by atoms with E-state index in [4.69, 9.17) is 11.6 Å². The van der Waals surface area contributed by atoms with Crippen LogP contribution in [0, 0.1) is 17.0 Å². The van der Waals surface area contributed by atoms with E-state index in [1.54, 1.807) is 24.0 Å². The zero-order valence-corrected chi connectivity index (χ0v) is 14.5. The number of benzene rings is 2. The molecule has 130 valence electrons. The second kappa shape index (κ2) is 7.21. The number of aryl methyl sites for hydroxylation is 1. The zero-order valence-electron chi connectivity index (χ0n) is 13.7. The van der Waals surface area contributed by atoms with Gasteiger partial charge in [0.2, 0.25) is 0 Å². The van der Waals surface area contributed by atoms with Gasteiger partial charge in [0.25, 0.3) is 11.6 Å². The van der Waals surface area contributed by atoms with Crippen molar-refractivity contribution in [2.24, 2.45) is 0 Å². The van der Waals surface area contributed by atoms with Crippen LogP contribution >= 0.6 is 11.6 Å². The van der Waals surface area contributed by atoms with Gasteiger partial charge in [0.15, 0.2) is 0 Å². The van der Waals surface area contributed by atoms with E-state index in [0.717, 1.165) is 11.1 Å². The summed E-state index contributed by atoms with van der Waals surface area (Å²) in [4.78, 5) is 25.4. The van der Waals surface area contributed by atoms with Crippen LogP contribution < -0.4 is 5.32 Å². The fraction of sp³-hybridized carbons (Fsp3) is 0.278. The first-order valence-corrected chi connectivity index (χ1v) is 8.37. The van der Waals surface area contributed by atoms with Crippen LogP contribution in [0.3, 0.4) is 0 Å². The van der Waals surface area contributed by atoms with Crippen molar-refractivity contribution in [3.63, 3.8) is 0 Å². The number of hydrogen-bond donors (Lipinski definition) is 1. The summed E-state index contributed by atoms with van der Waals surface area (Å²) < 4.78 is 0. The standard InChI is InChI=1S/C18H18ClN3O3/c1-12-5-6-15(22(24)25)10-16(12)18(23)21-8-7-20-11-17(21)13-3-2-4-14(19)9-13/h2-6,9-10,17,20H,7-8,11H2,1H3. The first kappa shape index (κ1) is 17.4. The molecule has 6 nitrogen and oxygen atoms in total. The minimum Gasteiger partial charge on any atom is -0.329 e. The van der Waals surface area contributed by atoms with Crippen LogP contribution in [0.4, 0.5) is 5.69 Å². The molecule has 1 aliphatic heterocycles. The Balaban J connectivity index is 1.96. The van der Waals surface area contributed by atoms with Gasteiger partial charge in [0.1, 0.15) is 0 Å². The molecule has 1 unspecified atom stereocenters. The monoisotopic (exact) mass is 359 g/mol. The summed E-state index contributed by atoms with van der Waals surface area (Å²) in [6.45, 7) is 3.60. The fourth-order valence-corrected chi connectivity index (χ4v) is 3.27. The third-order valence-electron chi connectivity index (χ3n) is 4.40. The Bertz CT molecular complexity index is 825. The van der Waals surface area contributed by atoms with Gasteiger partial charge < -0.3 is 10.2 Å². The van der Waals surface area contributed by atoms with Gasteiger partial charge in [0, 0.05) is 42.4 Å². The molecule has 1 amide bonds. The zero-order chi connectivity index (χ0) is 18.0. The Labute approximate surface area is 150 Å². The number of hydrogen-bond acceptors (Lipinski definition) is 4. The molecule has 0 radical (unpaired) electrons. The molecule has 1 atom stereocenters. The van der Waals surface area contributed by atoms with Crippen LogP contribution in [-0.2, 0) is 0 Å². The molecule has 3 rings (SSSR count). The van der Waals surface area contributed by atoms with E-state index >= 15 is 0 Å². The quantitative estimate of drug-likeness (QED) is 0.673. The van der Waals surface area contributed by atoms with Gasteiger partial charge in [-0.1, -0.05) is 29.8 Å². The molecule has 0 aliphatic carbocycles. The molecule has 7 heteroatoms. The largest absolute Gasteiger partial charge is 0.329 e. The summed E-state index contributed by atoms with van der Waals surface area (Å²) in [5, 5.41) is 14.9. The second-order valence-corrected chi connectivity index (χ2v) is 6.47. The molecular formula is C18H18ClN3O3. The topological polar surface area (TPSA) is 75.5 Å². The van der Waals surface area contributed by atoms with Gasteiger partial charge in [-0.05, 0) is 30.2 Å². The number of nitro benzene ring substituents is 1. The summed E-state index contributed by atoms with van der Waals surface area (Å²) in [5.41, 5.74) is 1.95. The molecule has 25 heavy (non-hydrogen) atoms. The Hall–Kier alpha value is -2.44. The maximum atomic E-state index is 13.1. The smallest absolute Gasteiger partial charge is 0.270 e. The Morgan fingerprint density at radius 2 is 2.12 bits per heavy atom. The number of nitrogens with zero attached hydrogens (tertiary/aromatic N) is 2. The van der Waals surface area contributed by atoms with E-state index in [1.807, 2.05) is 18.2 Å². The number of carbonyl (C=O) groups excluding carboxylic acids is 1. The SMILES string of the molecule is Cc1ccc([N+](=O)[O-])cc1C(=O)N1CCNCC1c1cccc(Cl)c1. The number of rotatable bonds is 3. The molecule has 1 heterocycles. The van der Waals surface area contributed by atoms with Crippen molar-refractivity contribution < 1.29 is 9.72 Å².